The maximum atomic E-state index is 12.2. The van der Waals surface area contributed by atoms with Crippen molar-refractivity contribution < 1.29 is 9.53 Å². The van der Waals surface area contributed by atoms with Gasteiger partial charge in [0.1, 0.15) is 5.60 Å². The average molecular weight is 343 g/mol. The molecule has 0 N–H and O–H groups in total. The topological polar surface area (TPSA) is 63.5 Å². The normalized spacial score (nSPS) is 15.4. The Morgan fingerprint density at radius 3 is 2.44 bits per heavy atom. The number of hydrogen-bond acceptors (Lipinski definition) is 5. The molecule has 0 atom stereocenters. The van der Waals surface area contributed by atoms with Gasteiger partial charge in [-0.05, 0) is 45.9 Å². The molecule has 0 aliphatic carbocycles. The lowest BCUT2D eigenvalue weighted by molar-refractivity contribution is 0.0240. The van der Waals surface area contributed by atoms with Crippen molar-refractivity contribution in [3.8, 4) is 5.82 Å². The van der Waals surface area contributed by atoms with Crippen LogP contribution >= 0.6 is 0 Å². The molecule has 3 heterocycles. The maximum Gasteiger partial charge on any atom is 0.410 e. The van der Waals surface area contributed by atoms with Crippen LogP contribution in [-0.4, -0.2) is 57.5 Å². The van der Waals surface area contributed by atoms with Crippen molar-refractivity contribution in [1.29, 1.82) is 0 Å². The van der Waals surface area contributed by atoms with E-state index in [0.717, 1.165) is 30.3 Å². The number of aryl methyl sites for hydroxylation is 1. The van der Waals surface area contributed by atoms with Gasteiger partial charge in [0.25, 0.3) is 0 Å². The molecule has 134 valence electrons. The molecular weight excluding hydrogens is 318 g/mol. The van der Waals surface area contributed by atoms with Crippen molar-refractivity contribution in [3.05, 3.63) is 36.3 Å². The highest BCUT2D eigenvalue weighted by Gasteiger charge is 2.26. The summed E-state index contributed by atoms with van der Waals surface area (Å²) in [4.78, 5) is 20.8. The van der Waals surface area contributed by atoms with Crippen LogP contribution in [0.15, 0.2) is 30.6 Å². The predicted molar refractivity (Wildman–Crippen MR) is 96.1 cm³/mol. The lowest BCUT2D eigenvalue weighted by atomic mass is 10.2. The van der Waals surface area contributed by atoms with E-state index >= 15 is 0 Å². The molecule has 0 aromatic carbocycles. The van der Waals surface area contributed by atoms with Crippen LogP contribution in [0.3, 0.4) is 0 Å². The Balaban J connectivity index is 1.64. The Morgan fingerprint density at radius 1 is 1.16 bits per heavy atom. The van der Waals surface area contributed by atoms with Gasteiger partial charge in [-0.3, -0.25) is 0 Å². The van der Waals surface area contributed by atoms with Gasteiger partial charge >= 0.3 is 6.09 Å². The molecule has 1 aliphatic heterocycles. The predicted octanol–water partition coefficient (Wildman–Crippen LogP) is 2.63. The van der Waals surface area contributed by atoms with Crippen LogP contribution in [0, 0.1) is 6.92 Å². The van der Waals surface area contributed by atoms with Gasteiger partial charge in [0.15, 0.2) is 5.82 Å². The first-order chi connectivity index (χ1) is 11.8. The highest BCUT2D eigenvalue weighted by Crippen LogP contribution is 2.22. The van der Waals surface area contributed by atoms with Crippen molar-refractivity contribution in [1.82, 2.24) is 19.7 Å². The summed E-state index contributed by atoms with van der Waals surface area (Å²) >= 11 is 0. The largest absolute Gasteiger partial charge is 0.444 e. The van der Waals surface area contributed by atoms with Crippen LogP contribution in [0.4, 0.5) is 10.5 Å². The summed E-state index contributed by atoms with van der Waals surface area (Å²) in [5.74, 6) is 0.804. The molecule has 1 saturated heterocycles. The minimum atomic E-state index is -0.461. The molecule has 0 radical (unpaired) electrons. The van der Waals surface area contributed by atoms with Crippen LogP contribution in [0.25, 0.3) is 5.82 Å². The van der Waals surface area contributed by atoms with Crippen LogP contribution < -0.4 is 4.90 Å². The number of hydrogen-bond donors (Lipinski definition) is 0. The third kappa shape index (κ3) is 4.10. The Morgan fingerprint density at radius 2 is 1.88 bits per heavy atom. The van der Waals surface area contributed by atoms with Gasteiger partial charge in [0.2, 0.25) is 0 Å². The summed E-state index contributed by atoms with van der Waals surface area (Å²) in [6.45, 7) is 10.5. The van der Waals surface area contributed by atoms with Crippen molar-refractivity contribution in [2.75, 3.05) is 31.1 Å². The van der Waals surface area contributed by atoms with Gasteiger partial charge < -0.3 is 14.5 Å². The lowest BCUT2D eigenvalue weighted by Gasteiger charge is -2.37. The molecule has 2 aromatic rings. The molecule has 3 rings (SSSR count). The molecule has 0 spiro atoms. The number of anilines is 1. The average Bonchev–Trinajstić information content (AvgIpc) is 3.08. The van der Waals surface area contributed by atoms with Gasteiger partial charge in [-0.2, -0.15) is 5.10 Å². The van der Waals surface area contributed by atoms with Crippen LogP contribution in [0.2, 0.25) is 0 Å². The molecule has 2 aromatic heterocycles. The van der Waals surface area contributed by atoms with Gasteiger partial charge in [-0.15, -0.1) is 0 Å². The Kier molecular flexibility index (Phi) is 4.65. The second-order valence-electron chi connectivity index (χ2n) is 7.18. The molecule has 7 heteroatoms. The van der Waals surface area contributed by atoms with E-state index in [4.69, 9.17) is 4.74 Å². The zero-order valence-electron chi connectivity index (χ0n) is 15.3. The van der Waals surface area contributed by atoms with Crippen molar-refractivity contribution in [2.24, 2.45) is 0 Å². The first-order valence-electron chi connectivity index (χ1n) is 8.54. The molecule has 1 aliphatic rings. The van der Waals surface area contributed by atoms with E-state index < -0.39 is 5.60 Å². The first kappa shape index (κ1) is 17.3. The summed E-state index contributed by atoms with van der Waals surface area (Å²) in [6.07, 6.45) is 3.37. The Bertz CT molecular complexity index is 728. The first-order valence-corrected chi connectivity index (χ1v) is 8.54. The number of aromatic nitrogens is 3. The van der Waals surface area contributed by atoms with Gasteiger partial charge in [-0.25, -0.2) is 14.5 Å². The lowest BCUT2D eigenvalue weighted by Crippen LogP contribution is -2.50. The van der Waals surface area contributed by atoms with E-state index in [1.807, 2.05) is 46.0 Å². The summed E-state index contributed by atoms with van der Waals surface area (Å²) in [6, 6.07) is 5.92. The van der Waals surface area contributed by atoms with E-state index in [9.17, 15) is 4.79 Å². The number of ether oxygens (including phenoxy) is 1. The number of carbonyl (C=O) groups excluding carboxylic acids is 1. The van der Waals surface area contributed by atoms with Crippen molar-refractivity contribution >= 4 is 11.8 Å². The van der Waals surface area contributed by atoms with Crippen LogP contribution in [-0.2, 0) is 4.74 Å². The zero-order chi connectivity index (χ0) is 18.0. The van der Waals surface area contributed by atoms with Gasteiger partial charge in [-0.1, -0.05) is 0 Å². The third-order valence-corrected chi connectivity index (χ3v) is 4.05. The quantitative estimate of drug-likeness (QED) is 0.839. The summed E-state index contributed by atoms with van der Waals surface area (Å²) in [5.41, 5.74) is 1.59. The Hall–Kier alpha value is -2.57. The highest BCUT2D eigenvalue weighted by atomic mass is 16.6. The number of nitrogens with zero attached hydrogens (tertiary/aromatic N) is 5. The Labute approximate surface area is 148 Å². The zero-order valence-corrected chi connectivity index (χ0v) is 15.3. The second-order valence-corrected chi connectivity index (χ2v) is 7.18. The third-order valence-electron chi connectivity index (χ3n) is 4.05. The summed E-state index contributed by atoms with van der Waals surface area (Å²) in [7, 11) is 0. The molecule has 0 saturated carbocycles. The summed E-state index contributed by atoms with van der Waals surface area (Å²) in [5, 5.41) is 4.21. The highest BCUT2D eigenvalue weighted by molar-refractivity contribution is 5.68. The van der Waals surface area contributed by atoms with Crippen molar-refractivity contribution in [2.45, 2.75) is 33.3 Å². The molecule has 0 bridgehead atoms. The fourth-order valence-corrected chi connectivity index (χ4v) is 2.86. The van der Waals surface area contributed by atoms with E-state index in [1.54, 1.807) is 15.8 Å². The van der Waals surface area contributed by atoms with Crippen LogP contribution in [0.1, 0.15) is 26.5 Å². The molecule has 1 amide bonds. The van der Waals surface area contributed by atoms with Crippen molar-refractivity contribution in [3.63, 3.8) is 0 Å². The number of amides is 1. The minimum absolute atomic E-state index is 0.240. The van der Waals surface area contributed by atoms with Gasteiger partial charge in [0, 0.05) is 38.6 Å². The molecular formula is C18H25N5O2. The maximum absolute atomic E-state index is 12.2. The molecule has 7 nitrogen and oxygen atoms in total. The number of pyridine rings is 1. The van der Waals surface area contributed by atoms with E-state index in [-0.39, 0.29) is 6.09 Å². The molecule has 1 fully saturated rings. The smallest absolute Gasteiger partial charge is 0.410 e. The standard InChI is InChI=1S/C18H25N5O2/c1-14-15(6-7-16(20-14)23-9-5-8-19-23)21-10-12-22(13-11-21)17(24)25-18(2,3)4/h5-9H,10-13H2,1-4H3. The fraction of sp³-hybridized carbons (Fsp3) is 0.500. The molecule has 25 heavy (non-hydrogen) atoms. The molecule has 0 unspecified atom stereocenters. The van der Waals surface area contributed by atoms with Crippen LogP contribution in [0.5, 0.6) is 0 Å². The van der Waals surface area contributed by atoms with Gasteiger partial charge in [0.05, 0.1) is 11.4 Å². The van der Waals surface area contributed by atoms with E-state index in [1.165, 1.54) is 0 Å². The second kappa shape index (κ2) is 6.74. The number of rotatable bonds is 2. The summed E-state index contributed by atoms with van der Waals surface area (Å²) < 4.78 is 7.19. The number of piperazine rings is 1. The van der Waals surface area contributed by atoms with E-state index in [0.29, 0.717) is 13.1 Å². The SMILES string of the molecule is Cc1nc(-n2cccn2)ccc1N1CCN(C(=O)OC(C)(C)C)CC1. The number of carbonyl (C=O) groups is 1. The van der Waals surface area contributed by atoms with E-state index in [2.05, 4.69) is 21.0 Å². The fourth-order valence-electron chi connectivity index (χ4n) is 2.86. The monoisotopic (exact) mass is 343 g/mol. The minimum Gasteiger partial charge on any atom is -0.444 e.